The highest BCUT2D eigenvalue weighted by Crippen LogP contribution is 2.23. The van der Waals surface area contributed by atoms with Gasteiger partial charge in [0.2, 0.25) is 11.8 Å². The van der Waals surface area contributed by atoms with Crippen LogP contribution in [0.2, 0.25) is 5.15 Å². The number of amides is 2. The monoisotopic (exact) mass is 489 g/mol. The molecule has 2 aromatic carbocycles. The fourth-order valence-electron chi connectivity index (χ4n) is 3.26. The second-order valence-electron chi connectivity index (χ2n) is 7.30. The second kappa shape index (κ2) is 10.9. The molecule has 3 rings (SSSR count). The number of hydrogen-bond donors (Lipinski definition) is 3. The zero-order valence-electron chi connectivity index (χ0n) is 17.6. The molecule has 1 atom stereocenters. The second-order valence-corrected chi connectivity index (χ2v) is 7.95. The number of hydrogen-bond acceptors (Lipinski definition) is 5. The van der Waals surface area contributed by atoms with Crippen LogP contribution in [0.4, 0.5) is 5.69 Å². The summed E-state index contributed by atoms with van der Waals surface area (Å²) in [5.41, 5.74) is 3.31. The number of anilines is 1. The van der Waals surface area contributed by atoms with Gasteiger partial charge in [0, 0.05) is 6.42 Å². The Labute approximate surface area is 199 Å². The lowest BCUT2D eigenvalue weighted by molar-refractivity contribution is -0.141. The van der Waals surface area contributed by atoms with Crippen LogP contribution in [0.15, 0.2) is 48.7 Å². The van der Waals surface area contributed by atoms with Gasteiger partial charge in [-0.05, 0) is 35.7 Å². The highest BCUT2D eigenvalue weighted by Gasteiger charge is 2.22. The molecule has 0 aliphatic heterocycles. The molecule has 0 unspecified atom stereocenters. The molecule has 11 heteroatoms. The smallest absolute Gasteiger partial charge is 0.326 e. The van der Waals surface area contributed by atoms with Crippen LogP contribution in [0.3, 0.4) is 0 Å². The SMILES string of the molecule is Cc1ccc(-n2cc(Cl)nn2)c(NC(=O)Cc2ccccc2C[C@H](NC(=O)CCl)C(=O)O)c1. The summed E-state index contributed by atoms with van der Waals surface area (Å²) in [5.74, 6) is -2.43. The van der Waals surface area contributed by atoms with E-state index >= 15 is 0 Å². The number of carbonyl (C=O) groups is 3. The van der Waals surface area contributed by atoms with Crippen LogP contribution < -0.4 is 10.6 Å². The van der Waals surface area contributed by atoms with Crippen LogP contribution in [0.25, 0.3) is 5.69 Å². The van der Waals surface area contributed by atoms with Crippen molar-refractivity contribution in [3.63, 3.8) is 0 Å². The van der Waals surface area contributed by atoms with Gasteiger partial charge in [-0.15, -0.1) is 16.7 Å². The van der Waals surface area contributed by atoms with Gasteiger partial charge < -0.3 is 15.7 Å². The van der Waals surface area contributed by atoms with E-state index in [2.05, 4.69) is 20.9 Å². The predicted octanol–water partition coefficient (Wildman–Crippen LogP) is 2.76. The number of aromatic nitrogens is 3. The highest BCUT2D eigenvalue weighted by molar-refractivity contribution is 6.29. The van der Waals surface area contributed by atoms with Crippen molar-refractivity contribution in [2.75, 3.05) is 11.2 Å². The van der Waals surface area contributed by atoms with Crippen LogP contribution >= 0.6 is 23.2 Å². The van der Waals surface area contributed by atoms with E-state index in [1.165, 1.54) is 10.9 Å². The lowest BCUT2D eigenvalue weighted by atomic mass is 9.97. The molecule has 9 nitrogen and oxygen atoms in total. The summed E-state index contributed by atoms with van der Waals surface area (Å²) in [7, 11) is 0. The molecule has 0 aliphatic rings. The number of carboxylic acids is 1. The van der Waals surface area contributed by atoms with Crippen LogP contribution in [-0.2, 0) is 27.2 Å². The fourth-order valence-corrected chi connectivity index (χ4v) is 3.46. The van der Waals surface area contributed by atoms with Crippen molar-refractivity contribution in [1.29, 1.82) is 0 Å². The van der Waals surface area contributed by atoms with Gasteiger partial charge in [-0.25, -0.2) is 9.48 Å². The average Bonchev–Trinajstić information content (AvgIpc) is 3.20. The number of nitrogens with one attached hydrogen (secondary N) is 2. The van der Waals surface area contributed by atoms with E-state index in [1.54, 1.807) is 36.4 Å². The van der Waals surface area contributed by atoms with E-state index in [1.807, 2.05) is 13.0 Å². The number of benzene rings is 2. The van der Waals surface area contributed by atoms with Gasteiger partial charge in [0.1, 0.15) is 11.9 Å². The average molecular weight is 490 g/mol. The molecule has 33 heavy (non-hydrogen) atoms. The van der Waals surface area contributed by atoms with E-state index in [9.17, 15) is 19.5 Å². The first-order valence-corrected chi connectivity index (χ1v) is 10.8. The molecule has 3 aromatic rings. The summed E-state index contributed by atoms with van der Waals surface area (Å²) in [5, 5.41) is 22.6. The third kappa shape index (κ3) is 6.53. The van der Waals surface area contributed by atoms with Crippen molar-refractivity contribution < 1.29 is 19.5 Å². The third-order valence-electron chi connectivity index (χ3n) is 4.79. The zero-order chi connectivity index (χ0) is 24.0. The van der Waals surface area contributed by atoms with Gasteiger partial charge in [-0.3, -0.25) is 9.59 Å². The summed E-state index contributed by atoms with van der Waals surface area (Å²) >= 11 is 11.3. The number of carbonyl (C=O) groups excluding carboxylic acids is 2. The molecule has 0 aliphatic carbocycles. The number of nitrogens with zero attached hydrogens (tertiary/aromatic N) is 3. The Balaban J connectivity index is 1.79. The summed E-state index contributed by atoms with van der Waals surface area (Å²) in [6, 6.07) is 11.3. The van der Waals surface area contributed by atoms with Crippen LogP contribution in [0, 0.1) is 6.92 Å². The molecule has 1 aromatic heterocycles. The molecule has 0 saturated carbocycles. The Morgan fingerprint density at radius 3 is 2.48 bits per heavy atom. The number of aliphatic carboxylic acids is 1. The molecule has 0 fully saturated rings. The van der Waals surface area contributed by atoms with Gasteiger partial charge in [-0.1, -0.05) is 47.1 Å². The quantitative estimate of drug-likeness (QED) is 0.396. The van der Waals surface area contributed by atoms with E-state index in [0.29, 0.717) is 22.5 Å². The number of halogens is 2. The summed E-state index contributed by atoms with van der Waals surface area (Å²) in [4.78, 5) is 36.0. The summed E-state index contributed by atoms with van der Waals surface area (Å²) in [6.45, 7) is 1.89. The molecule has 2 amide bonds. The minimum absolute atomic E-state index is 0.00252. The minimum atomic E-state index is -1.19. The van der Waals surface area contributed by atoms with Crippen molar-refractivity contribution in [3.05, 3.63) is 70.5 Å². The van der Waals surface area contributed by atoms with Crippen molar-refractivity contribution in [2.24, 2.45) is 0 Å². The first kappa shape index (κ1) is 24.2. The Hall–Kier alpha value is -3.43. The first-order valence-electron chi connectivity index (χ1n) is 9.90. The van der Waals surface area contributed by atoms with Crippen LogP contribution in [-0.4, -0.2) is 49.8 Å². The minimum Gasteiger partial charge on any atom is -0.480 e. The predicted molar refractivity (Wildman–Crippen MR) is 124 cm³/mol. The summed E-state index contributed by atoms with van der Waals surface area (Å²) < 4.78 is 1.46. The lowest BCUT2D eigenvalue weighted by Crippen LogP contribution is -2.43. The maximum Gasteiger partial charge on any atom is 0.326 e. The highest BCUT2D eigenvalue weighted by atomic mass is 35.5. The van der Waals surface area contributed by atoms with Gasteiger partial charge in [0.05, 0.1) is 24.0 Å². The van der Waals surface area contributed by atoms with Crippen molar-refractivity contribution in [1.82, 2.24) is 20.3 Å². The van der Waals surface area contributed by atoms with Crippen LogP contribution in [0.5, 0.6) is 0 Å². The van der Waals surface area contributed by atoms with Gasteiger partial charge in [0.15, 0.2) is 5.15 Å². The van der Waals surface area contributed by atoms with Crippen molar-refractivity contribution >= 4 is 46.7 Å². The maximum absolute atomic E-state index is 12.9. The molecule has 3 N–H and O–H groups in total. The Kier molecular flexibility index (Phi) is 8.02. The normalized spacial score (nSPS) is 11.6. The first-order chi connectivity index (χ1) is 15.8. The van der Waals surface area contributed by atoms with E-state index in [-0.39, 0.29) is 29.8 Å². The standard InChI is InChI=1S/C22H21Cl2N5O4/c1-13-6-7-18(29-12-19(24)27-28-29)16(8-13)25-20(30)10-15-5-3-2-4-14(15)9-17(22(32)33)26-21(31)11-23/h2-8,12,17H,9-11H2,1H3,(H,25,30)(H,26,31)(H,32,33)/t17-/m0/s1. The van der Waals surface area contributed by atoms with E-state index in [0.717, 1.165) is 5.56 Å². The van der Waals surface area contributed by atoms with Crippen molar-refractivity contribution in [2.45, 2.75) is 25.8 Å². The molecule has 0 bridgehead atoms. The molecular formula is C22H21Cl2N5O4. The number of carboxylic acid groups (broad SMARTS) is 1. The Bertz CT molecular complexity index is 1180. The Morgan fingerprint density at radius 2 is 1.85 bits per heavy atom. The molecule has 0 radical (unpaired) electrons. The fraction of sp³-hybridized carbons (Fsp3) is 0.227. The molecule has 172 valence electrons. The Morgan fingerprint density at radius 1 is 1.12 bits per heavy atom. The van der Waals surface area contributed by atoms with Crippen molar-refractivity contribution in [3.8, 4) is 5.69 Å². The third-order valence-corrected chi connectivity index (χ3v) is 5.20. The van der Waals surface area contributed by atoms with Gasteiger partial charge in [-0.2, -0.15) is 0 Å². The molecular weight excluding hydrogens is 469 g/mol. The zero-order valence-corrected chi connectivity index (χ0v) is 19.1. The van der Waals surface area contributed by atoms with Gasteiger partial charge >= 0.3 is 5.97 Å². The maximum atomic E-state index is 12.9. The summed E-state index contributed by atoms with van der Waals surface area (Å²) in [6.07, 6.45) is 1.53. The van der Waals surface area contributed by atoms with E-state index < -0.39 is 17.9 Å². The number of alkyl halides is 1. The molecule has 1 heterocycles. The molecule has 0 saturated heterocycles. The number of aryl methyl sites for hydroxylation is 1. The topological polar surface area (TPSA) is 126 Å². The van der Waals surface area contributed by atoms with Crippen LogP contribution in [0.1, 0.15) is 16.7 Å². The lowest BCUT2D eigenvalue weighted by Gasteiger charge is -2.17. The van der Waals surface area contributed by atoms with Gasteiger partial charge in [0.25, 0.3) is 0 Å². The number of rotatable bonds is 9. The molecule has 0 spiro atoms. The van der Waals surface area contributed by atoms with E-state index in [4.69, 9.17) is 23.2 Å². The largest absolute Gasteiger partial charge is 0.480 e.